The molecule has 0 bridgehead atoms. The van der Waals surface area contributed by atoms with Gasteiger partial charge in [0.1, 0.15) is 11.9 Å². The van der Waals surface area contributed by atoms with Gasteiger partial charge in [0.2, 0.25) is 0 Å². The molecule has 0 aliphatic carbocycles. The smallest absolute Gasteiger partial charge is 0.165 e. The van der Waals surface area contributed by atoms with Gasteiger partial charge in [0, 0.05) is 6.07 Å². The lowest BCUT2D eigenvalue weighted by atomic mass is 10.0. The normalized spacial score (nSPS) is 13.8. The van der Waals surface area contributed by atoms with Gasteiger partial charge in [-0.3, -0.25) is 0 Å². The molecule has 0 amide bonds. The number of nitrogens with two attached hydrogens (primary N) is 1. The number of hydrogen-bond donors (Lipinski definition) is 1. The topological polar surface area (TPSA) is 35.2 Å². The summed E-state index contributed by atoms with van der Waals surface area (Å²) in [5.41, 5.74) is 8.10. The Kier molecular flexibility index (Phi) is 4.35. The average Bonchev–Trinajstić information content (AvgIpc) is 2.43. The average molecular weight is 277 g/mol. The Hall–Kier alpha value is -1.94. The third kappa shape index (κ3) is 3.33. The molecule has 0 radical (unpaired) electrons. The van der Waals surface area contributed by atoms with Gasteiger partial charge in [0.25, 0.3) is 0 Å². The first-order valence-corrected chi connectivity index (χ1v) is 6.41. The number of hydrogen-bond acceptors (Lipinski definition) is 2. The van der Waals surface area contributed by atoms with Gasteiger partial charge in [0.05, 0.1) is 6.04 Å². The first-order chi connectivity index (χ1) is 9.47. The molecule has 0 aromatic heterocycles. The molecule has 0 aliphatic heterocycles. The minimum absolute atomic E-state index is 0.125. The van der Waals surface area contributed by atoms with E-state index in [4.69, 9.17) is 10.5 Å². The molecular formula is C16H17F2NO. The van der Waals surface area contributed by atoms with Crippen LogP contribution in [0.25, 0.3) is 0 Å². The van der Waals surface area contributed by atoms with Crippen molar-refractivity contribution in [2.75, 3.05) is 0 Å². The standard InChI is InChI=1S/C16H17F2NO/c1-10-3-5-12(6-4-10)16(19)11(2)20-15-9-13(17)7-8-14(15)18/h3-9,11,16H,19H2,1-2H3. The zero-order valence-corrected chi connectivity index (χ0v) is 11.4. The molecule has 0 heterocycles. The van der Waals surface area contributed by atoms with E-state index in [1.165, 1.54) is 0 Å². The van der Waals surface area contributed by atoms with Crippen LogP contribution >= 0.6 is 0 Å². The highest BCUT2D eigenvalue weighted by Crippen LogP contribution is 2.23. The monoisotopic (exact) mass is 277 g/mol. The van der Waals surface area contributed by atoms with Crippen molar-refractivity contribution in [1.82, 2.24) is 0 Å². The van der Waals surface area contributed by atoms with Crippen molar-refractivity contribution in [1.29, 1.82) is 0 Å². The van der Waals surface area contributed by atoms with Crippen molar-refractivity contribution in [2.24, 2.45) is 5.73 Å². The van der Waals surface area contributed by atoms with Gasteiger partial charge >= 0.3 is 0 Å². The van der Waals surface area contributed by atoms with Crippen LogP contribution in [0, 0.1) is 18.6 Å². The number of halogens is 2. The van der Waals surface area contributed by atoms with Crippen molar-refractivity contribution < 1.29 is 13.5 Å². The molecule has 0 fully saturated rings. The third-order valence-electron chi connectivity index (χ3n) is 3.17. The fraction of sp³-hybridized carbons (Fsp3) is 0.250. The minimum Gasteiger partial charge on any atom is -0.486 e. The quantitative estimate of drug-likeness (QED) is 0.924. The second-order valence-corrected chi connectivity index (χ2v) is 4.83. The van der Waals surface area contributed by atoms with E-state index in [9.17, 15) is 8.78 Å². The van der Waals surface area contributed by atoms with Crippen molar-refractivity contribution >= 4 is 0 Å². The van der Waals surface area contributed by atoms with Gasteiger partial charge in [-0.25, -0.2) is 8.78 Å². The molecule has 2 aromatic carbocycles. The highest BCUT2D eigenvalue weighted by molar-refractivity contribution is 5.27. The second kappa shape index (κ2) is 6.01. The predicted octanol–water partition coefficient (Wildman–Crippen LogP) is 3.74. The Labute approximate surface area is 117 Å². The molecule has 2 nitrogen and oxygen atoms in total. The highest BCUT2D eigenvalue weighted by atomic mass is 19.1. The predicted molar refractivity (Wildman–Crippen MR) is 74.6 cm³/mol. The van der Waals surface area contributed by atoms with E-state index >= 15 is 0 Å². The van der Waals surface area contributed by atoms with Gasteiger partial charge in [-0.15, -0.1) is 0 Å². The van der Waals surface area contributed by atoms with E-state index in [0.717, 1.165) is 29.3 Å². The van der Waals surface area contributed by atoms with E-state index in [1.54, 1.807) is 6.92 Å². The van der Waals surface area contributed by atoms with Gasteiger partial charge in [-0.1, -0.05) is 29.8 Å². The Balaban J connectivity index is 2.13. The number of benzene rings is 2. The molecule has 0 spiro atoms. The number of ether oxygens (including phenoxy) is 1. The molecule has 0 aliphatic rings. The zero-order chi connectivity index (χ0) is 14.7. The van der Waals surface area contributed by atoms with Crippen LogP contribution in [0.5, 0.6) is 5.75 Å². The first-order valence-electron chi connectivity index (χ1n) is 6.41. The summed E-state index contributed by atoms with van der Waals surface area (Å²) >= 11 is 0. The maximum Gasteiger partial charge on any atom is 0.165 e. The molecule has 2 rings (SSSR count). The van der Waals surface area contributed by atoms with E-state index in [-0.39, 0.29) is 5.75 Å². The summed E-state index contributed by atoms with van der Waals surface area (Å²) < 4.78 is 32.0. The lowest BCUT2D eigenvalue weighted by Gasteiger charge is -2.22. The Morgan fingerprint density at radius 2 is 1.70 bits per heavy atom. The van der Waals surface area contributed by atoms with E-state index < -0.39 is 23.8 Å². The molecule has 2 aromatic rings. The minimum atomic E-state index is -0.602. The Morgan fingerprint density at radius 3 is 2.35 bits per heavy atom. The van der Waals surface area contributed by atoms with Gasteiger partial charge in [0.15, 0.2) is 11.6 Å². The number of rotatable bonds is 4. The van der Waals surface area contributed by atoms with Crippen LogP contribution in [0.15, 0.2) is 42.5 Å². The second-order valence-electron chi connectivity index (χ2n) is 4.83. The fourth-order valence-corrected chi connectivity index (χ4v) is 1.90. The van der Waals surface area contributed by atoms with Crippen molar-refractivity contribution in [3.05, 3.63) is 65.2 Å². The van der Waals surface area contributed by atoms with E-state index in [2.05, 4.69) is 0 Å². The van der Waals surface area contributed by atoms with Crippen molar-refractivity contribution in [3.63, 3.8) is 0 Å². The summed E-state index contributed by atoms with van der Waals surface area (Å²) in [6, 6.07) is 10.4. The summed E-state index contributed by atoms with van der Waals surface area (Å²) in [6.07, 6.45) is -0.478. The molecule has 0 saturated heterocycles. The van der Waals surface area contributed by atoms with Crippen LogP contribution in [-0.4, -0.2) is 6.10 Å². The van der Waals surface area contributed by atoms with Crippen LogP contribution in [0.3, 0.4) is 0 Å². The highest BCUT2D eigenvalue weighted by Gasteiger charge is 2.18. The molecule has 2 N–H and O–H groups in total. The summed E-state index contributed by atoms with van der Waals surface area (Å²) in [4.78, 5) is 0. The van der Waals surface area contributed by atoms with Gasteiger partial charge < -0.3 is 10.5 Å². The van der Waals surface area contributed by atoms with Crippen molar-refractivity contribution in [3.8, 4) is 5.75 Å². The SMILES string of the molecule is Cc1ccc(C(N)C(C)Oc2cc(F)ccc2F)cc1. The fourth-order valence-electron chi connectivity index (χ4n) is 1.90. The van der Waals surface area contributed by atoms with Gasteiger partial charge in [-0.05, 0) is 31.5 Å². The van der Waals surface area contributed by atoms with E-state index in [0.29, 0.717) is 0 Å². The Bertz CT molecular complexity index is 584. The van der Waals surface area contributed by atoms with Gasteiger partial charge in [-0.2, -0.15) is 0 Å². The molecule has 4 heteroatoms. The number of aryl methyl sites for hydroxylation is 1. The van der Waals surface area contributed by atoms with E-state index in [1.807, 2.05) is 31.2 Å². The summed E-state index contributed by atoms with van der Waals surface area (Å²) in [7, 11) is 0. The third-order valence-corrected chi connectivity index (χ3v) is 3.17. The largest absolute Gasteiger partial charge is 0.486 e. The molecule has 20 heavy (non-hydrogen) atoms. The maximum atomic E-state index is 13.5. The first kappa shape index (κ1) is 14.5. The molecular weight excluding hydrogens is 260 g/mol. The summed E-state index contributed by atoms with van der Waals surface area (Å²) in [5, 5.41) is 0. The van der Waals surface area contributed by atoms with Crippen LogP contribution in [0.1, 0.15) is 24.1 Å². The lowest BCUT2D eigenvalue weighted by Crippen LogP contribution is -2.29. The molecule has 2 unspecified atom stereocenters. The van der Waals surface area contributed by atoms with Crippen LogP contribution < -0.4 is 10.5 Å². The summed E-state index contributed by atoms with van der Waals surface area (Å²) in [6.45, 7) is 3.71. The molecule has 106 valence electrons. The molecule has 0 saturated carbocycles. The van der Waals surface area contributed by atoms with Crippen LogP contribution in [0.4, 0.5) is 8.78 Å². The zero-order valence-electron chi connectivity index (χ0n) is 11.4. The lowest BCUT2D eigenvalue weighted by molar-refractivity contribution is 0.181. The van der Waals surface area contributed by atoms with Crippen molar-refractivity contribution in [2.45, 2.75) is 26.0 Å². The Morgan fingerprint density at radius 1 is 1.05 bits per heavy atom. The van der Waals surface area contributed by atoms with Crippen LogP contribution in [0.2, 0.25) is 0 Å². The maximum absolute atomic E-state index is 13.5. The van der Waals surface area contributed by atoms with Crippen LogP contribution in [-0.2, 0) is 0 Å². The summed E-state index contributed by atoms with van der Waals surface area (Å²) in [5.74, 6) is -1.27. The molecule has 2 atom stereocenters.